The molecule has 3 N–H and O–H groups in total. The van der Waals surface area contributed by atoms with Crippen LogP contribution < -0.4 is 16.0 Å². The third-order valence-electron chi connectivity index (χ3n) is 5.46. The normalized spacial score (nSPS) is 22.5. The zero-order chi connectivity index (χ0) is 18.3. The molecule has 2 fully saturated rings. The fourth-order valence-electron chi connectivity index (χ4n) is 3.67. The maximum Gasteiger partial charge on any atom is 0.317 e. The van der Waals surface area contributed by atoms with E-state index >= 15 is 0 Å². The van der Waals surface area contributed by atoms with Gasteiger partial charge in [0.2, 0.25) is 5.91 Å². The number of hydrogen-bond donors (Lipinski definition) is 3. The highest BCUT2D eigenvalue weighted by atomic mass is 35.5. The summed E-state index contributed by atoms with van der Waals surface area (Å²) in [6, 6.07) is 0.0148. The van der Waals surface area contributed by atoms with Crippen molar-refractivity contribution in [1.82, 2.24) is 20.9 Å². The van der Waals surface area contributed by atoms with Crippen LogP contribution in [-0.2, 0) is 4.79 Å². The number of amides is 3. The minimum atomic E-state index is 0. The molecule has 2 aliphatic rings. The Hall–Kier alpha value is -1.01. The Labute approximate surface area is 164 Å². The number of hydrogen-bond acceptors (Lipinski definition) is 3. The number of carbonyl (C=O) groups excluding carboxylic acids is 2. The topological polar surface area (TPSA) is 73.5 Å². The molecule has 152 valence electrons. The van der Waals surface area contributed by atoms with Crippen molar-refractivity contribution in [2.75, 3.05) is 39.3 Å². The van der Waals surface area contributed by atoms with Crippen LogP contribution in [0.5, 0.6) is 0 Å². The highest BCUT2D eigenvalue weighted by Crippen LogP contribution is 2.27. The van der Waals surface area contributed by atoms with E-state index < -0.39 is 0 Å². The Bertz CT molecular complexity index is 453. The van der Waals surface area contributed by atoms with Gasteiger partial charge in [-0.3, -0.25) is 4.79 Å². The minimum Gasteiger partial charge on any atom is -0.356 e. The lowest BCUT2D eigenvalue weighted by atomic mass is 9.81. The highest BCUT2D eigenvalue weighted by Gasteiger charge is 2.29. The van der Waals surface area contributed by atoms with E-state index in [1.54, 1.807) is 0 Å². The molecule has 0 spiro atoms. The van der Waals surface area contributed by atoms with Crippen LogP contribution in [0.4, 0.5) is 4.79 Å². The predicted molar refractivity (Wildman–Crippen MR) is 108 cm³/mol. The van der Waals surface area contributed by atoms with Crippen LogP contribution in [0.15, 0.2) is 0 Å². The summed E-state index contributed by atoms with van der Waals surface area (Å²) < 4.78 is 0. The number of urea groups is 1. The average Bonchev–Trinajstić information content (AvgIpc) is 2.59. The lowest BCUT2D eigenvalue weighted by molar-refractivity contribution is -0.122. The van der Waals surface area contributed by atoms with Gasteiger partial charge in [-0.1, -0.05) is 20.8 Å². The van der Waals surface area contributed by atoms with Crippen LogP contribution >= 0.6 is 12.4 Å². The molecule has 6 nitrogen and oxygen atoms in total. The zero-order valence-electron chi connectivity index (χ0n) is 16.6. The number of rotatable bonds is 6. The smallest absolute Gasteiger partial charge is 0.317 e. The number of likely N-dealkylation sites (tertiary alicyclic amines) is 1. The largest absolute Gasteiger partial charge is 0.356 e. The first kappa shape index (κ1) is 23.0. The number of piperidine rings is 2. The Kier molecular flexibility index (Phi) is 9.72. The molecule has 2 rings (SSSR count). The third kappa shape index (κ3) is 7.70. The van der Waals surface area contributed by atoms with Gasteiger partial charge >= 0.3 is 6.03 Å². The van der Waals surface area contributed by atoms with Gasteiger partial charge in [0.15, 0.2) is 0 Å². The molecule has 2 heterocycles. The lowest BCUT2D eigenvalue weighted by Crippen LogP contribution is -2.47. The Morgan fingerprint density at radius 3 is 2.58 bits per heavy atom. The van der Waals surface area contributed by atoms with E-state index in [4.69, 9.17) is 0 Å². The highest BCUT2D eigenvalue weighted by molar-refractivity contribution is 5.85. The number of carbonyl (C=O) groups is 2. The van der Waals surface area contributed by atoms with Crippen molar-refractivity contribution < 1.29 is 9.59 Å². The maximum atomic E-state index is 12.3. The summed E-state index contributed by atoms with van der Waals surface area (Å²) in [6.45, 7) is 11.5. The van der Waals surface area contributed by atoms with Gasteiger partial charge in [0.05, 0.1) is 0 Å². The summed E-state index contributed by atoms with van der Waals surface area (Å²) in [7, 11) is 0. The van der Waals surface area contributed by atoms with Gasteiger partial charge in [-0.2, -0.15) is 0 Å². The van der Waals surface area contributed by atoms with Crippen LogP contribution in [0, 0.1) is 17.3 Å². The van der Waals surface area contributed by atoms with Crippen molar-refractivity contribution in [1.29, 1.82) is 0 Å². The van der Waals surface area contributed by atoms with Crippen molar-refractivity contribution in [2.24, 2.45) is 17.3 Å². The Balaban J connectivity index is 0.00000338. The monoisotopic (exact) mass is 388 g/mol. The Morgan fingerprint density at radius 2 is 1.92 bits per heavy atom. The summed E-state index contributed by atoms with van der Waals surface area (Å²) in [6.07, 6.45) is 4.77. The second kappa shape index (κ2) is 11.0. The van der Waals surface area contributed by atoms with Gasteiger partial charge in [0.25, 0.3) is 0 Å². The third-order valence-corrected chi connectivity index (χ3v) is 5.46. The second-order valence-electron chi connectivity index (χ2n) is 8.58. The van der Waals surface area contributed by atoms with Gasteiger partial charge in [0.1, 0.15) is 0 Å². The average molecular weight is 389 g/mol. The van der Waals surface area contributed by atoms with E-state index in [2.05, 4.69) is 36.7 Å². The van der Waals surface area contributed by atoms with E-state index in [-0.39, 0.29) is 35.7 Å². The van der Waals surface area contributed by atoms with Crippen LogP contribution in [0.3, 0.4) is 0 Å². The first-order chi connectivity index (χ1) is 11.9. The van der Waals surface area contributed by atoms with E-state index in [9.17, 15) is 9.59 Å². The minimum absolute atomic E-state index is 0. The molecule has 7 heteroatoms. The lowest BCUT2D eigenvalue weighted by Gasteiger charge is -2.35. The van der Waals surface area contributed by atoms with Crippen molar-refractivity contribution in [2.45, 2.75) is 52.9 Å². The van der Waals surface area contributed by atoms with Gasteiger partial charge in [-0.25, -0.2) is 4.79 Å². The fourth-order valence-corrected chi connectivity index (χ4v) is 3.67. The molecular formula is C19H37ClN4O2. The van der Waals surface area contributed by atoms with Gasteiger partial charge < -0.3 is 20.9 Å². The van der Waals surface area contributed by atoms with Crippen LogP contribution in [0.25, 0.3) is 0 Å². The first-order valence-electron chi connectivity index (χ1n) is 9.88. The molecule has 0 aromatic heterocycles. The first-order valence-corrected chi connectivity index (χ1v) is 9.88. The molecule has 1 atom stereocenters. The number of halogens is 1. The SMILES string of the molecule is CC(C)CNC(=O)N1CCCC(CC(=O)NCC2(C)CCNCC2)C1.Cl. The summed E-state index contributed by atoms with van der Waals surface area (Å²) in [5.74, 6) is 0.861. The van der Waals surface area contributed by atoms with Gasteiger partial charge in [-0.05, 0) is 56.0 Å². The molecule has 2 saturated heterocycles. The number of nitrogens with zero attached hydrogens (tertiary/aromatic N) is 1. The van der Waals surface area contributed by atoms with Crippen molar-refractivity contribution in [3.63, 3.8) is 0 Å². The molecule has 0 aromatic carbocycles. The van der Waals surface area contributed by atoms with E-state index in [0.717, 1.165) is 51.9 Å². The van der Waals surface area contributed by atoms with Crippen LogP contribution in [-0.4, -0.2) is 56.1 Å². The van der Waals surface area contributed by atoms with E-state index in [1.807, 2.05) is 4.90 Å². The molecule has 0 aliphatic carbocycles. The quantitative estimate of drug-likeness (QED) is 0.654. The standard InChI is InChI=1S/C19H36N4O2.ClH/c1-15(2)12-21-18(25)23-10-4-5-16(13-23)11-17(24)22-14-19(3)6-8-20-9-7-19;/h15-16,20H,4-14H2,1-3H3,(H,21,25)(H,22,24);1H. The van der Waals surface area contributed by atoms with Crippen molar-refractivity contribution >= 4 is 24.3 Å². The van der Waals surface area contributed by atoms with Crippen LogP contribution in [0.2, 0.25) is 0 Å². The summed E-state index contributed by atoms with van der Waals surface area (Å²) in [4.78, 5) is 26.4. The molecule has 0 bridgehead atoms. The summed E-state index contributed by atoms with van der Waals surface area (Å²) in [5.41, 5.74) is 0.218. The molecule has 0 saturated carbocycles. The zero-order valence-corrected chi connectivity index (χ0v) is 17.4. The van der Waals surface area contributed by atoms with Crippen LogP contribution in [0.1, 0.15) is 52.9 Å². The van der Waals surface area contributed by atoms with E-state index in [0.29, 0.717) is 25.4 Å². The second-order valence-corrected chi connectivity index (χ2v) is 8.58. The number of nitrogens with one attached hydrogen (secondary N) is 3. The summed E-state index contributed by atoms with van der Waals surface area (Å²) >= 11 is 0. The van der Waals surface area contributed by atoms with Crippen molar-refractivity contribution in [3.8, 4) is 0 Å². The molecule has 2 aliphatic heterocycles. The molecular weight excluding hydrogens is 352 g/mol. The fraction of sp³-hybridized carbons (Fsp3) is 0.895. The molecule has 3 amide bonds. The Morgan fingerprint density at radius 1 is 1.23 bits per heavy atom. The predicted octanol–water partition coefficient (Wildman–Crippen LogP) is 2.38. The van der Waals surface area contributed by atoms with Gasteiger partial charge in [-0.15, -0.1) is 12.4 Å². The molecule has 0 radical (unpaired) electrons. The molecule has 1 unspecified atom stereocenters. The maximum absolute atomic E-state index is 12.3. The van der Waals surface area contributed by atoms with Crippen molar-refractivity contribution in [3.05, 3.63) is 0 Å². The van der Waals surface area contributed by atoms with E-state index in [1.165, 1.54) is 0 Å². The summed E-state index contributed by atoms with van der Waals surface area (Å²) in [5, 5.41) is 9.49. The van der Waals surface area contributed by atoms with Gasteiger partial charge in [0, 0.05) is 32.6 Å². The molecule has 26 heavy (non-hydrogen) atoms. The molecule has 0 aromatic rings.